The Hall–Kier alpha value is -1.00. The van der Waals surface area contributed by atoms with Crippen LogP contribution in [0.1, 0.15) is 24.8 Å². The predicted molar refractivity (Wildman–Crippen MR) is 72.0 cm³/mol. The fourth-order valence-corrected chi connectivity index (χ4v) is 3.12. The molecule has 1 aliphatic heterocycles. The first kappa shape index (κ1) is 13.4. The summed E-state index contributed by atoms with van der Waals surface area (Å²) >= 11 is 1.72. The third kappa shape index (κ3) is 3.06. The van der Waals surface area contributed by atoms with Crippen LogP contribution in [0.15, 0.2) is 29.2 Å². The summed E-state index contributed by atoms with van der Waals surface area (Å²) in [4.78, 5) is 13.2. The van der Waals surface area contributed by atoms with E-state index in [9.17, 15) is 4.79 Å². The minimum atomic E-state index is -0.115. The van der Waals surface area contributed by atoms with E-state index in [-0.39, 0.29) is 18.0 Å². The number of carbonyl (C=O) groups is 1. The van der Waals surface area contributed by atoms with Crippen molar-refractivity contribution in [1.82, 2.24) is 0 Å². The van der Waals surface area contributed by atoms with Gasteiger partial charge in [-0.05, 0) is 18.6 Å². The van der Waals surface area contributed by atoms with Crippen molar-refractivity contribution in [3.63, 3.8) is 0 Å². The van der Waals surface area contributed by atoms with E-state index < -0.39 is 0 Å². The van der Waals surface area contributed by atoms with E-state index in [2.05, 4.69) is 6.07 Å². The molecule has 0 aliphatic carbocycles. The van der Waals surface area contributed by atoms with Crippen LogP contribution in [-0.4, -0.2) is 31.5 Å². The Morgan fingerprint density at radius 3 is 3.06 bits per heavy atom. The van der Waals surface area contributed by atoms with Crippen LogP contribution < -0.4 is 0 Å². The molecule has 98 valence electrons. The third-order valence-corrected chi connectivity index (χ3v) is 4.34. The van der Waals surface area contributed by atoms with Gasteiger partial charge in [-0.15, -0.1) is 11.8 Å². The quantitative estimate of drug-likeness (QED) is 0.768. The van der Waals surface area contributed by atoms with Gasteiger partial charge in [0.25, 0.3) is 0 Å². The molecule has 0 spiro atoms. The summed E-state index contributed by atoms with van der Waals surface area (Å²) in [6, 6.07) is 8.04. The number of ether oxygens (including phenoxy) is 2. The Bertz CT molecular complexity index is 419. The number of carbonyl (C=O) groups excluding carboxylic acids is 1. The maximum atomic E-state index is 12.0. The summed E-state index contributed by atoms with van der Waals surface area (Å²) < 4.78 is 10.4. The van der Waals surface area contributed by atoms with Gasteiger partial charge < -0.3 is 9.47 Å². The first-order chi connectivity index (χ1) is 8.72. The van der Waals surface area contributed by atoms with Crippen molar-refractivity contribution in [3.05, 3.63) is 29.8 Å². The van der Waals surface area contributed by atoms with Gasteiger partial charge >= 0.3 is 5.97 Å². The van der Waals surface area contributed by atoms with Crippen molar-refractivity contribution >= 4 is 17.7 Å². The van der Waals surface area contributed by atoms with E-state index in [0.717, 1.165) is 17.7 Å². The molecule has 0 aromatic heterocycles. The molecule has 18 heavy (non-hydrogen) atoms. The highest BCUT2D eigenvalue weighted by molar-refractivity contribution is 7.99. The molecule has 0 radical (unpaired) electrons. The van der Waals surface area contributed by atoms with Crippen LogP contribution in [-0.2, 0) is 14.3 Å². The maximum Gasteiger partial charge on any atom is 0.314 e. The van der Waals surface area contributed by atoms with E-state index in [4.69, 9.17) is 9.47 Å². The van der Waals surface area contributed by atoms with Gasteiger partial charge in [0.2, 0.25) is 0 Å². The van der Waals surface area contributed by atoms with Crippen LogP contribution in [0.5, 0.6) is 0 Å². The fraction of sp³-hybridized carbons (Fsp3) is 0.500. The summed E-state index contributed by atoms with van der Waals surface area (Å²) in [6.45, 7) is 2.39. The van der Waals surface area contributed by atoms with E-state index >= 15 is 0 Å². The molecule has 0 amide bonds. The fourth-order valence-electron chi connectivity index (χ4n) is 1.90. The lowest BCUT2D eigenvalue weighted by Gasteiger charge is -2.13. The van der Waals surface area contributed by atoms with Crippen LogP contribution in [0.4, 0.5) is 0 Å². The van der Waals surface area contributed by atoms with Crippen LogP contribution >= 0.6 is 11.8 Å². The first-order valence-corrected chi connectivity index (χ1v) is 7.12. The Kier molecular flexibility index (Phi) is 4.66. The van der Waals surface area contributed by atoms with E-state index in [1.165, 1.54) is 4.90 Å². The minimum absolute atomic E-state index is 0.107. The normalized spacial score (nSPS) is 19.3. The van der Waals surface area contributed by atoms with E-state index in [1.54, 1.807) is 18.9 Å². The van der Waals surface area contributed by atoms with E-state index in [1.807, 2.05) is 25.1 Å². The number of rotatable bonds is 5. The molecule has 2 rings (SSSR count). The first-order valence-electron chi connectivity index (χ1n) is 6.13. The summed E-state index contributed by atoms with van der Waals surface area (Å²) in [5.74, 6) is 0.567. The van der Waals surface area contributed by atoms with Crippen molar-refractivity contribution in [2.24, 2.45) is 0 Å². The van der Waals surface area contributed by atoms with Crippen LogP contribution in [0.25, 0.3) is 0 Å². The average molecular weight is 266 g/mol. The van der Waals surface area contributed by atoms with E-state index in [0.29, 0.717) is 6.61 Å². The third-order valence-electron chi connectivity index (χ3n) is 3.16. The Labute approximate surface area is 112 Å². The summed E-state index contributed by atoms with van der Waals surface area (Å²) in [5.41, 5.74) is 1.10. The van der Waals surface area contributed by atoms with Gasteiger partial charge in [-0.1, -0.05) is 18.2 Å². The molecule has 1 aliphatic rings. The van der Waals surface area contributed by atoms with Gasteiger partial charge in [0, 0.05) is 24.2 Å². The summed E-state index contributed by atoms with van der Waals surface area (Å²) in [7, 11) is 1.66. The van der Waals surface area contributed by atoms with Gasteiger partial charge in [0.15, 0.2) is 0 Å². The molecule has 4 heteroatoms. The number of hydrogen-bond acceptors (Lipinski definition) is 4. The standard InChI is InChI=1S/C14H18O3S/c1-10(16-2)7-8-17-14(15)12-9-18-13-6-4-3-5-11(12)13/h3-6,10,12H,7-9H2,1-2H3. The molecule has 3 nitrogen and oxygen atoms in total. The lowest BCUT2D eigenvalue weighted by Crippen LogP contribution is -2.18. The second-order valence-electron chi connectivity index (χ2n) is 4.40. The molecule has 1 heterocycles. The molecule has 0 bridgehead atoms. The van der Waals surface area contributed by atoms with Crippen LogP contribution in [0, 0.1) is 0 Å². The van der Waals surface area contributed by atoms with Crippen molar-refractivity contribution in [1.29, 1.82) is 0 Å². The van der Waals surface area contributed by atoms with Crippen LogP contribution in [0.2, 0.25) is 0 Å². The smallest absolute Gasteiger partial charge is 0.314 e. The van der Waals surface area contributed by atoms with Gasteiger partial charge in [-0.25, -0.2) is 0 Å². The summed E-state index contributed by atoms with van der Waals surface area (Å²) in [5, 5.41) is 0. The van der Waals surface area contributed by atoms with Crippen molar-refractivity contribution < 1.29 is 14.3 Å². The minimum Gasteiger partial charge on any atom is -0.465 e. The molecule has 1 aromatic carbocycles. The zero-order chi connectivity index (χ0) is 13.0. The van der Waals surface area contributed by atoms with Gasteiger partial charge in [-0.3, -0.25) is 4.79 Å². The number of hydrogen-bond donors (Lipinski definition) is 0. The van der Waals surface area contributed by atoms with Gasteiger partial charge in [0.1, 0.15) is 0 Å². The number of thioether (sulfide) groups is 1. The lowest BCUT2D eigenvalue weighted by atomic mass is 10.0. The van der Waals surface area contributed by atoms with Crippen LogP contribution in [0.3, 0.4) is 0 Å². The monoisotopic (exact) mass is 266 g/mol. The molecule has 2 atom stereocenters. The maximum absolute atomic E-state index is 12.0. The molecule has 0 saturated carbocycles. The molecule has 0 N–H and O–H groups in total. The Morgan fingerprint density at radius 1 is 1.50 bits per heavy atom. The highest BCUT2D eigenvalue weighted by Gasteiger charge is 2.30. The SMILES string of the molecule is COC(C)CCOC(=O)C1CSc2ccccc21. The van der Waals surface area contributed by atoms with Crippen molar-refractivity contribution in [3.8, 4) is 0 Å². The van der Waals surface area contributed by atoms with Gasteiger partial charge in [-0.2, -0.15) is 0 Å². The zero-order valence-electron chi connectivity index (χ0n) is 10.7. The van der Waals surface area contributed by atoms with Crippen molar-refractivity contribution in [2.45, 2.75) is 30.3 Å². The number of methoxy groups -OCH3 is 1. The number of esters is 1. The molecular weight excluding hydrogens is 248 g/mol. The second-order valence-corrected chi connectivity index (χ2v) is 5.47. The Balaban J connectivity index is 1.88. The highest BCUT2D eigenvalue weighted by Crippen LogP contribution is 2.39. The molecule has 0 saturated heterocycles. The van der Waals surface area contributed by atoms with Gasteiger partial charge in [0.05, 0.1) is 18.6 Å². The molecular formula is C14H18O3S. The van der Waals surface area contributed by atoms with Crippen molar-refractivity contribution in [2.75, 3.05) is 19.5 Å². The number of benzene rings is 1. The highest BCUT2D eigenvalue weighted by atomic mass is 32.2. The molecule has 2 unspecified atom stereocenters. The average Bonchev–Trinajstić information content (AvgIpc) is 2.82. The number of fused-ring (bicyclic) bond motifs is 1. The lowest BCUT2D eigenvalue weighted by molar-refractivity contribution is -0.145. The Morgan fingerprint density at radius 2 is 2.28 bits per heavy atom. The predicted octanol–water partition coefficient (Wildman–Crippen LogP) is 2.84. The zero-order valence-corrected chi connectivity index (χ0v) is 11.5. The molecule has 0 fully saturated rings. The topological polar surface area (TPSA) is 35.5 Å². The molecule has 1 aromatic rings. The second kappa shape index (κ2) is 6.25. The largest absolute Gasteiger partial charge is 0.465 e. The summed E-state index contributed by atoms with van der Waals surface area (Å²) in [6.07, 6.45) is 0.868.